The van der Waals surface area contributed by atoms with E-state index in [2.05, 4.69) is 22.4 Å². The fraction of sp³-hybridized carbons (Fsp3) is 0.333. The van der Waals surface area contributed by atoms with E-state index in [1.807, 2.05) is 25.1 Å². The molecule has 0 unspecified atom stereocenters. The van der Waals surface area contributed by atoms with E-state index in [4.69, 9.17) is 4.52 Å². The molecule has 1 aromatic carbocycles. The van der Waals surface area contributed by atoms with Crippen molar-refractivity contribution >= 4 is 5.71 Å². The van der Waals surface area contributed by atoms with Crippen LogP contribution in [0.2, 0.25) is 0 Å². The lowest BCUT2D eigenvalue weighted by atomic mass is 9.81. The van der Waals surface area contributed by atoms with E-state index in [1.54, 1.807) is 0 Å². The van der Waals surface area contributed by atoms with E-state index < -0.39 is 0 Å². The highest BCUT2D eigenvalue weighted by Gasteiger charge is 2.31. The first-order valence-corrected chi connectivity index (χ1v) is 6.57. The van der Waals surface area contributed by atoms with E-state index in [9.17, 15) is 5.21 Å². The lowest BCUT2D eigenvalue weighted by Crippen LogP contribution is -2.19. The van der Waals surface area contributed by atoms with Crippen molar-refractivity contribution in [2.45, 2.75) is 32.1 Å². The van der Waals surface area contributed by atoms with E-state index >= 15 is 0 Å². The maximum Gasteiger partial charge on any atom is 0.146 e. The number of benzene rings is 1. The molecule has 0 spiro atoms. The zero-order valence-electron chi connectivity index (χ0n) is 10.8. The Balaban J connectivity index is 2.00. The van der Waals surface area contributed by atoms with Crippen LogP contribution in [-0.4, -0.2) is 16.1 Å². The second-order valence-electron chi connectivity index (χ2n) is 4.84. The Kier molecular flexibility index (Phi) is 3.07. The smallest absolute Gasteiger partial charge is 0.146 e. The maximum atomic E-state index is 9.26. The highest BCUT2D eigenvalue weighted by molar-refractivity contribution is 6.03. The molecule has 0 fully saturated rings. The zero-order chi connectivity index (χ0) is 13.2. The molecule has 1 N–H and O–H groups in total. The summed E-state index contributed by atoms with van der Waals surface area (Å²) in [5.74, 6) is 1.13. The fourth-order valence-corrected chi connectivity index (χ4v) is 2.75. The molecule has 0 bridgehead atoms. The number of nitrogens with zero attached hydrogens (tertiary/aromatic N) is 2. The molecule has 0 aliphatic heterocycles. The van der Waals surface area contributed by atoms with Crippen LogP contribution < -0.4 is 0 Å². The standard InChI is InChI=1S/C15H16N2O2/c1-2-12-15-13(16-18)8-11(9-14(15)19-17-12)10-6-4-3-5-7-10/h3-7,11,18H,2,8-9H2,1H3/b16-13+/t11-/m1/s1. The Morgan fingerprint density at radius 1 is 1.32 bits per heavy atom. The summed E-state index contributed by atoms with van der Waals surface area (Å²) in [5.41, 5.74) is 3.73. The van der Waals surface area contributed by atoms with Gasteiger partial charge in [-0.3, -0.25) is 0 Å². The zero-order valence-corrected chi connectivity index (χ0v) is 10.8. The quantitative estimate of drug-likeness (QED) is 0.663. The first-order chi connectivity index (χ1) is 9.33. The van der Waals surface area contributed by atoms with Crippen molar-refractivity contribution in [3.05, 3.63) is 52.9 Å². The number of aromatic nitrogens is 1. The number of hydrogen-bond donors (Lipinski definition) is 1. The minimum absolute atomic E-state index is 0.289. The largest absolute Gasteiger partial charge is 0.411 e. The molecule has 19 heavy (non-hydrogen) atoms. The van der Waals surface area contributed by atoms with Gasteiger partial charge in [-0.2, -0.15) is 0 Å². The molecule has 1 aromatic heterocycles. The van der Waals surface area contributed by atoms with Gasteiger partial charge in [0.25, 0.3) is 0 Å². The van der Waals surface area contributed by atoms with E-state index in [1.165, 1.54) is 5.56 Å². The van der Waals surface area contributed by atoms with Crippen LogP contribution in [0.15, 0.2) is 40.0 Å². The van der Waals surface area contributed by atoms with Crippen molar-refractivity contribution in [1.29, 1.82) is 0 Å². The van der Waals surface area contributed by atoms with Gasteiger partial charge in [-0.05, 0) is 17.9 Å². The Morgan fingerprint density at radius 2 is 2.11 bits per heavy atom. The summed E-state index contributed by atoms with van der Waals surface area (Å²) in [6.07, 6.45) is 2.32. The molecule has 98 valence electrons. The minimum atomic E-state index is 0.289. The number of fused-ring (bicyclic) bond motifs is 1. The lowest BCUT2D eigenvalue weighted by Gasteiger charge is -2.22. The highest BCUT2D eigenvalue weighted by atomic mass is 16.5. The summed E-state index contributed by atoms with van der Waals surface area (Å²) in [5, 5.41) is 16.8. The van der Waals surface area contributed by atoms with Crippen LogP contribution in [0.1, 0.15) is 41.8 Å². The first-order valence-electron chi connectivity index (χ1n) is 6.57. The van der Waals surface area contributed by atoms with Gasteiger partial charge in [-0.25, -0.2) is 0 Å². The van der Waals surface area contributed by atoms with E-state index in [0.717, 1.165) is 36.3 Å². The average molecular weight is 256 g/mol. The number of rotatable bonds is 2. The van der Waals surface area contributed by atoms with Crippen molar-refractivity contribution in [3.63, 3.8) is 0 Å². The topological polar surface area (TPSA) is 58.6 Å². The van der Waals surface area contributed by atoms with Crippen molar-refractivity contribution < 1.29 is 9.73 Å². The van der Waals surface area contributed by atoms with E-state index in [0.29, 0.717) is 5.71 Å². The van der Waals surface area contributed by atoms with Crippen molar-refractivity contribution in [1.82, 2.24) is 5.16 Å². The normalized spacial score (nSPS) is 20.5. The second-order valence-corrected chi connectivity index (χ2v) is 4.84. The maximum absolute atomic E-state index is 9.26. The third-order valence-electron chi connectivity index (χ3n) is 3.72. The van der Waals surface area contributed by atoms with Gasteiger partial charge in [0.15, 0.2) is 0 Å². The SMILES string of the molecule is CCc1noc2c1/C(=N/O)C[C@@H](c1ccccc1)C2. The van der Waals surface area contributed by atoms with Gasteiger partial charge in [0.2, 0.25) is 0 Å². The minimum Gasteiger partial charge on any atom is -0.411 e. The van der Waals surface area contributed by atoms with Crippen molar-refractivity contribution in [2.75, 3.05) is 0 Å². The highest BCUT2D eigenvalue weighted by Crippen LogP contribution is 2.34. The van der Waals surface area contributed by atoms with Gasteiger partial charge in [0, 0.05) is 12.8 Å². The molecule has 3 rings (SSSR count). The van der Waals surface area contributed by atoms with Gasteiger partial charge in [0.05, 0.1) is 17.0 Å². The molecule has 0 radical (unpaired) electrons. The summed E-state index contributed by atoms with van der Waals surface area (Å²) >= 11 is 0. The monoisotopic (exact) mass is 256 g/mol. The molecule has 4 heteroatoms. The van der Waals surface area contributed by atoms with Crippen molar-refractivity contribution in [2.24, 2.45) is 5.16 Å². The molecule has 1 aliphatic rings. The molecule has 0 saturated carbocycles. The molecule has 1 aliphatic carbocycles. The molecular formula is C15H16N2O2. The number of oxime groups is 1. The second kappa shape index (κ2) is 4.88. The molecule has 1 atom stereocenters. The average Bonchev–Trinajstić information content (AvgIpc) is 2.90. The third-order valence-corrected chi connectivity index (χ3v) is 3.72. The van der Waals surface area contributed by atoms with Crippen LogP contribution in [0.4, 0.5) is 0 Å². The predicted octanol–water partition coefficient (Wildman–Crippen LogP) is 3.15. The Bertz CT molecular complexity index is 602. The third kappa shape index (κ3) is 2.03. The van der Waals surface area contributed by atoms with Gasteiger partial charge in [-0.1, -0.05) is 47.6 Å². The van der Waals surface area contributed by atoms with Crippen LogP contribution >= 0.6 is 0 Å². The summed E-state index contributed by atoms with van der Waals surface area (Å²) in [4.78, 5) is 0. The molecule has 1 heterocycles. The predicted molar refractivity (Wildman–Crippen MR) is 71.7 cm³/mol. The Morgan fingerprint density at radius 3 is 2.79 bits per heavy atom. The molecule has 4 nitrogen and oxygen atoms in total. The van der Waals surface area contributed by atoms with Crippen LogP contribution in [0.5, 0.6) is 0 Å². The van der Waals surface area contributed by atoms with Crippen LogP contribution in [0.25, 0.3) is 0 Å². The molecule has 0 amide bonds. The van der Waals surface area contributed by atoms with Gasteiger partial charge in [-0.15, -0.1) is 0 Å². The summed E-state index contributed by atoms with van der Waals surface area (Å²) in [6, 6.07) is 10.3. The molecule has 2 aromatic rings. The van der Waals surface area contributed by atoms with Crippen LogP contribution in [0, 0.1) is 0 Å². The van der Waals surface area contributed by atoms with Crippen LogP contribution in [-0.2, 0) is 12.8 Å². The van der Waals surface area contributed by atoms with Gasteiger partial charge >= 0.3 is 0 Å². The van der Waals surface area contributed by atoms with Crippen molar-refractivity contribution in [3.8, 4) is 0 Å². The van der Waals surface area contributed by atoms with Gasteiger partial charge < -0.3 is 9.73 Å². The first kappa shape index (κ1) is 12.0. The Labute approximate surface area is 111 Å². The Hall–Kier alpha value is -2.10. The number of hydrogen-bond acceptors (Lipinski definition) is 4. The van der Waals surface area contributed by atoms with E-state index in [-0.39, 0.29) is 5.92 Å². The molecular weight excluding hydrogens is 240 g/mol. The molecule has 0 saturated heterocycles. The lowest BCUT2D eigenvalue weighted by molar-refractivity contribution is 0.315. The summed E-state index contributed by atoms with van der Waals surface area (Å²) in [7, 11) is 0. The van der Waals surface area contributed by atoms with Gasteiger partial charge in [0.1, 0.15) is 5.76 Å². The van der Waals surface area contributed by atoms with Crippen LogP contribution in [0.3, 0.4) is 0 Å². The fourth-order valence-electron chi connectivity index (χ4n) is 2.75. The number of aryl methyl sites for hydroxylation is 1. The summed E-state index contributed by atoms with van der Waals surface area (Å²) < 4.78 is 5.42. The summed E-state index contributed by atoms with van der Waals surface area (Å²) in [6.45, 7) is 2.02.